The maximum atomic E-state index is 6.10. The van der Waals surface area contributed by atoms with Crippen LogP contribution in [0.2, 0.25) is 5.02 Å². The van der Waals surface area contributed by atoms with E-state index < -0.39 is 0 Å². The summed E-state index contributed by atoms with van der Waals surface area (Å²) in [5.41, 5.74) is 0. The molecule has 1 aromatic carbocycles. The summed E-state index contributed by atoms with van der Waals surface area (Å²) in [5, 5.41) is 4.54. The summed E-state index contributed by atoms with van der Waals surface area (Å²) in [6, 6.07) is 7.67. The van der Waals surface area contributed by atoms with Gasteiger partial charge in [0, 0.05) is 11.9 Å². The van der Waals surface area contributed by atoms with E-state index in [1.807, 2.05) is 31.3 Å². The molecule has 0 amide bonds. The second-order valence-corrected chi connectivity index (χ2v) is 5.35. The first-order valence-electron chi connectivity index (χ1n) is 4.83. The lowest BCUT2D eigenvalue weighted by Gasteiger charge is -2.07. The lowest BCUT2D eigenvalue weighted by Crippen LogP contribution is -1.96. The molecule has 0 aliphatic heterocycles. The van der Waals surface area contributed by atoms with Crippen LogP contribution in [0.5, 0.6) is 0 Å². The van der Waals surface area contributed by atoms with Crippen molar-refractivity contribution in [3.63, 3.8) is 0 Å². The molecule has 2 aromatic rings. The Kier molecular flexibility index (Phi) is 4.25. The molecule has 0 spiro atoms. The zero-order valence-electron chi connectivity index (χ0n) is 8.95. The van der Waals surface area contributed by atoms with Crippen LogP contribution in [0.15, 0.2) is 45.0 Å². The SMILES string of the molecule is CNc1ncnc(Sc2ccccc2Cl)c1Br. The van der Waals surface area contributed by atoms with Crippen LogP contribution in [0.1, 0.15) is 0 Å². The molecule has 0 unspecified atom stereocenters. The number of hydrogen-bond acceptors (Lipinski definition) is 4. The summed E-state index contributed by atoms with van der Waals surface area (Å²) in [7, 11) is 1.82. The summed E-state index contributed by atoms with van der Waals surface area (Å²) < 4.78 is 0.840. The van der Waals surface area contributed by atoms with Crippen LogP contribution in [0, 0.1) is 0 Å². The van der Waals surface area contributed by atoms with Gasteiger partial charge in [0.05, 0.1) is 9.50 Å². The highest BCUT2D eigenvalue weighted by Crippen LogP contribution is 2.37. The molecule has 0 radical (unpaired) electrons. The molecule has 6 heteroatoms. The van der Waals surface area contributed by atoms with E-state index in [4.69, 9.17) is 11.6 Å². The average Bonchev–Trinajstić information content (AvgIpc) is 2.34. The van der Waals surface area contributed by atoms with Gasteiger partial charge in [-0.1, -0.05) is 35.5 Å². The molecule has 88 valence electrons. The van der Waals surface area contributed by atoms with Gasteiger partial charge in [-0.2, -0.15) is 0 Å². The van der Waals surface area contributed by atoms with Gasteiger partial charge in [-0.3, -0.25) is 0 Å². The van der Waals surface area contributed by atoms with Crippen molar-refractivity contribution in [2.75, 3.05) is 12.4 Å². The van der Waals surface area contributed by atoms with Gasteiger partial charge in [0.1, 0.15) is 17.2 Å². The van der Waals surface area contributed by atoms with Crippen LogP contribution in [-0.2, 0) is 0 Å². The first-order chi connectivity index (χ1) is 8.22. The van der Waals surface area contributed by atoms with E-state index in [0.29, 0.717) is 5.02 Å². The molecule has 17 heavy (non-hydrogen) atoms. The predicted molar refractivity (Wildman–Crippen MR) is 74.9 cm³/mol. The fourth-order valence-electron chi connectivity index (χ4n) is 1.23. The smallest absolute Gasteiger partial charge is 0.144 e. The van der Waals surface area contributed by atoms with Gasteiger partial charge in [-0.25, -0.2) is 9.97 Å². The quantitative estimate of drug-likeness (QED) is 0.860. The van der Waals surface area contributed by atoms with Crippen molar-refractivity contribution >= 4 is 45.1 Å². The summed E-state index contributed by atoms with van der Waals surface area (Å²) in [4.78, 5) is 9.30. The second kappa shape index (κ2) is 5.71. The van der Waals surface area contributed by atoms with Gasteiger partial charge < -0.3 is 5.32 Å². The van der Waals surface area contributed by atoms with E-state index in [-0.39, 0.29) is 0 Å². The number of benzene rings is 1. The predicted octanol–water partition coefficient (Wildman–Crippen LogP) is 4.09. The Morgan fingerprint density at radius 3 is 2.76 bits per heavy atom. The van der Waals surface area contributed by atoms with Crippen LogP contribution in [-0.4, -0.2) is 17.0 Å². The van der Waals surface area contributed by atoms with E-state index in [1.54, 1.807) is 0 Å². The Bertz CT molecular complexity index is 536. The maximum absolute atomic E-state index is 6.10. The van der Waals surface area contributed by atoms with Gasteiger partial charge in [0.15, 0.2) is 0 Å². The third-order valence-corrected chi connectivity index (χ3v) is 4.57. The summed E-state index contributed by atoms with van der Waals surface area (Å²) in [5.74, 6) is 0.759. The number of aromatic nitrogens is 2. The van der Waals surface area contributed by atoms with Crippen molar-refractivity contribution in [3.05, 3.63) is 40.1 Å². The number of nitrogens with one attached hydrogen (secondary N) is 1. The molecule has 0 saturated carbocycles. The lowest BCUT2D eigenvalue weighted by atomic mass is 10.4. The molecule has 3 nitrogen and oxygen atoms in total. The number of rotatable bonds is 3. The number of anilines is 1. The normalized spacial score (nSPS) is 10.3. The van der Waals surface area contributed by atoms with E-state index in [9.17, 15) is 0 Å². The minimum Gasteiger partial charge on any atom is -0.372 e. The molecular weight excluding hydrogens is 322 g/mol. The average molecular weight is 331 g/mol. The van der Waals surface area contributed by atoms with Crippen LogP contribution >= 0.6 is 39.3 Å². The fraction of sp³-hybridized carbons (Fsp3) is 0.0909. The van der Waals surface area contributed by atoms with Crippen molar-refractivity contribution in [2.24, 2.45) is 0 Å². The third kappa shape index (κ3) is 2.91. The minimum absolute atomic E-state index is 0.717. The third-order valence-electron chi connectivity index (χ3n) is 2.04. The van der Waals surface area contributed by atoms with E-state index in [0.717, 1.165) is 20.2 Å². The molecule has 0 saturated heterocycles. The van der Waals surface area contributed by atoms with Gasteiger partial charge in [-0.15, -0.1) is 0 Å². The highest BCUT2D eigenvalue weighted by Gasteiger charge is 2.10. The number of halogens is 2. The van der Waals surface area contributed by atoms with Gasteiger partial charge in [0.2, 0.25) is 0 Å². The lowest BCUT2D eigenvalue weighted by molar-refractivity contribution is 1.03. The molecule has 0 fully saturated rings. The Morgan fingerprint density at radius 1 is 1.29 bits per heavy atom. The summed E-state index contributed by atoms with van der Waals surface area (Å²) in [6.45, 7) is 0. The van der Waals surface area contributed by atoms with E-state index in [1.165, 1.54) is 18.1 Å². The Morgan fingerprint density at radius 2 is 2.06 bits per heavy atom. The topological polar surface area (TPSA) is 37.8 Å². The van der Waals surface area contributed by atoms with Gasteiger partial charge in [-0.05, 0) is 28.1 Å². The van der Waals surface area contributed by atoms with Crippen molar-refractivity contribution < 1.29 is 0 Å². The van der Waals surface area contributed by atoms with Gasteiger partial charge in [0.25, 0.3) is 0 Å². The van der Waals surface area contributed by atoms with E-state index in [2.05, 4.69) is 31.2 Å². The van der Waals surface area contributed by atoms with Crippen molar-refractivity contribution in [2.45, 2.75) is 9.92 Å². The minimum atomic E-state index is 0.717. The zero-order chi connectivity index (χ0) is 12.3. The first-order valence-corrected chi connectivity index (χ1v) is 6.81. The molecule has 0 atom stereocenters. The Labute approximate surface area is 117 Å². The van der Waals surface area contributed by atoms with Crippen LogP contribution in [0.25, 0.3) is 0 Å². The summed E-state index contributed by atoms with van der Waals surface area (Å²) >= 11 is 11.1. The molecular formula is C11H9BrClN3S. The van der Waals surface area contributed by atoms with Crippen molar-refractivity contribution in [1.82, 2.24) is 9.97 Å². The molecule has 1 N–H and O–H groups in total. The molecule has 1 aromatic heterocycles. The van der Waals surface area contributed by atoms with Gasteiger partial charge >= 0.3 is 0 Å². The van der Waals surface area contributed by atoms with Crippen LogP contribution in [0.3, 0.4) is 0 Å². The molecule has 0 aliphatic rings. The monoisotopic (exact) mass is 329 g/mol. The molecule has 2 rings (SSSR count). The van der Waals surface area contributed by atoms with Crippen molar-refractivity contribution in [1.29, 1.82) is 0 Å². The standard InChI is InChI=1S/C11H9BrClN3S/c1-14-10-9(12)11(16-6-15-10)17-8-5-3-2-4-7(8)13/h2-6H,1H3,(H,14,15,16). The molecule has 0 bridgehead atoms. The maximum Gasteiger partial charge on any atom is 0.144 e. The van der Waals surface area contributed by atoms with Crippen LogP contribution in [0.4, 0.5) is 5.82 Å². The fourth-order valence-corrected chi connectivity index (χ4v) is 2.93. The van der Waals surface area contributed by atoms with Crippen LogP contribution < -0.4 is 5.32 Å². The first kappa shape index (κ1) is 12.7. The highest BCUT2D eigenvalue weighted by molar-refractivity contribution is 9.10. The number of hydrogen-bond donors (Lipinski definition) is 1. The summed E-state index contributed by atoms with van der Waals surface area (Å²) in [6.07, 6.45) is 1.52. The van der Waals surface area contributed by atoms with Crippen molar-refractivity contribution in [3.8, 4) is 0 Å². The second-order valence-electron chi connectivity index (χ2n) is 3.12. The zero-order valence-corrected chi connectivity index (χ0v) is 12.1. The Hall–Kier alpha value is -0.780. The number of nitrogens with zero attached hydrogens (tertiary/aromatic N) is 2. The molecule has 1 heterocycles. The molecule has 0 aliphatic carbocycles. The Balaban J connectivity index is 2.34. The van der Waals surface area contributed by atoms with E-state index >= 15 is 0 Å². The highest BCUT2D eigenvalue weighted by atomic mass is 79.9. The largest absolute Gasteiger partial charge is 0.372 e.